The number of rotatable bonds is 8. The van der Waals surface area contributed by atoms with E-state index in [0.29, 0.717) is 13.1 Å². The molecule has 0 unspecified atom stereocenters. The molecule has 0 radical (unpaired) electrons. The summed E-state index contributed by atoms with van der Waals surface area (Å²) in [5, 5.41) is 12.3. The predicted octanol–water partition coefficient (Wildman–Crippen LogP) is 2.45. The van der Waals surface area contributed by atoms with E-state index in [1.165, 1.54) is 51.4 Å². The zero-order valence-electron chi connectivity index (χ0n) is 14.6. The van der Waals surface area contributed by atoms with Crippen LogP contribution in [0.25, 0.3) is 0 Å². The van der Waals surface area contributed by atoms with Crippen molar-refractivity contribution in [3.63, 3.8) is 0 Å². The van der Waals surface area contributed by atoms with E-state index in [2.05, 4.69) is 10.2 Å². The third-order valence-electron chi connectivity index (χ3n) is 5.34. The minimum absolute atomic E-state index is 0.00753. The highest BCUT2D eigenvalue weighted by atomic mass is 16.3. The van der Waals surface area contributed by atoms with Gasteiger partial charge in [-0.25, -0.2) is 4.79 Å². The lowest BCUT2D eigenvalue weighted by Gasteiger charge is -2.28. The fourth-order valence-electron chi connectivity index (χ4n) is 3.87. The van der Waals surface area contributed by atoms with Gasteiger partial charge in [0.1, 0.15) is 0 Å². The lowest BCUT2D eigenvalue weighted by molar-refractivity contribution is 0.166. The Morgan fingerprint density at radius 3 is 2.43 bits per heavy atom. The molecule has 0 spiro atoms. The summed E-state index contributed by atoms with van der Waals surface area (Å²) in [6.45, 7) is 5.26. The largest absolute Gasteiger partial charge is 0.395 e. The van der Waals surface area contributed by atoms with E-state index in [1.807, 2.05) is 0 Å². The summed E-state index contributed by atoms with van der Waals surface area (Å²) in [6, 6.07) is -0.00753. The van der Waals surface area contributed by atoms with Gasteiger partial charge in [0.05, 0.1) is 6.61 Å². The van der Waals surface area contributed by atoms with Gasteiger partial charge < -0.3 is 20.2 Å². The number of aliphatic hydroxyl groups excluding tert-OH is 1. The molecule has 0 aromatic carbocycles. The maximum absolute atomic E-state index is 12.3. The molecule has 23 heavy (non-hydrogen) atoms. The van der Waals surface area contributed by atoms with Crippen LogP contribution in [0, 0.1) is 5.92 Å². The van der Waals surface area contributed by atoms with E-state index in [9.17, 15) is 9.90 Å². The second kappa shape index (κ2) is 10.9. The van der Waals surface area contributed by atoms with E-state index in [4.69, 9.17) is 0 Å². The Morgan fingerprint density at radius 2 is 1.74 bits per heavy atom. The molecule has 2 amide bonds. The summed E-state index contributed by atoms with van der Waals surface area (Å²) >= 11 is 0. The number of hydrogen-bond donors (Lipinski definition) is 2. The van der Waals surface area contributed by atoms with Gasteiger partial charge >= 0.3 is 6.03 Å². The molecule has 1 heterocycles. The number of nitrogens with one attached hydrogen (secondary N) is 1. The number of aliphatic hydroxyl groups is 1. The molecule has 0 bridgehead atoms. The Kier molecular flexibility index (Phi) is 8.76. The molecule has 1 aliphatic carbocycles. The third kappa shape index (κ3) is 7.08. The van der Waals surface area contributed by atoms with Crippen molar-refractivity contribution in [1.82, 2.24) is 15.1 Å². The number of carbonyl (C=O) groups is 1. The Balaban J connectivity index is 1.64. The molecule has 5 nitrogen and oxygen atoms in total. The van der Waals surface area contributed by atoms with Crippen LogP contribution in [0.15, 0.2) is 0 Å². The van der Waals surface area contributed by atoms with E-state index in [1.54, 1.807) is 4.90 Å². The van der Waals surface area contributed by atoms with E-state index in [-0.39, 0.29) is 12.6 Å². The zero-order chi connectivity index (χ0) is 16.3. The standard InChI is InChI=1S/C18H35N3O2/c22-16-15-21(13-9-17-7-3-1-4-8-17)18(23)19-10-14-20-11-5-2-6-12-20/h17,22H,1-16H2,(H,19,23). The van der Waals surface area contributed by atoms with Crippen LogP contribution in [0.4, 0.5) is 4.79 Å². The molecule has 0 atom stereocenters. The molecule has 1 saturated carbocycles. The fourth-order valence-corrected chi connectivity index (χ4v) is 3.87. The van der Waals surface area contributed by atoms with Gasteiger partial charge in [-0.15, -0.1) is 0 Å². The second-order valence-electron chi connectivity index (χ2n) is 7.14. The summed E-state index contributed by atoms with van der Waals surface area (Å²) in [6.07, 6.45) is 11.7. The van der Waals surface area contributed by atoms with Crippen LogP contribution in [0.5, 0.6) is 0 Å². The van der Waals surface area contributed by atoms with Gasteiger partial charge in [-0.2, -0.15) is 0 Å². The highest BCUT2D eigenvalue weighted by Gasteiger charge is 2.18. The number of nitrogens with zero attached hydrogens (tertiary/aromatic N) is 2. The maximum Gasteiger partial charge on any atom is 0.317 e. The quantitative estimate of drug-likeness (QED) is 0.721. The monoisotopic (exact) mass is 325 g/mol. The van der Waals surface area contributed by atoms with E-state index in [0.717, 1.165) is 38.5 Å². The number of amides is 2. The number of carbonyl (C=O) groups excluding carboxylic acids is 1. The Labute approximate surface area is 141 Å². The lowest BCUT2D eigenvalue weighted by atomic mass is 9.87. The van der Waals surface area contributed by atoms with Crippen molar-refractivity contribution in [3.05, 3.63) is 0 Å². The molecule has 1 aliphatic heterocycles. The van der Waals surface area contributed by atoms with Crippen molar-refractivity contribution in [2.45, 2.75) is 57.8 Å². The maximum atomic E-state index is 12.3. The van der Waals surface area contributed by atoms with Crippen molar-refractivity contribution >= 4 is 6.03 Å². The van der Waals surface area contributed by atoms with Crippen LogP contribution in [0.2, 0.25) is 0 Å². The van der Waals surface area contributed by atoms with Crippen molar-refractivity contribution in [2.24, 2.45) is 5.92 Å². The first kappa shape index (κ1) is 18.5. The van der Waals surface area contributed by atoms with Gasteiger partial charge in [-0.05, 0) is 38.3 Å². The third-order valence-corrected chi connectivity index (χ3v) is 5.34. The van der Waals surface area contributed by atoms with Gasteiger partial charge in [0.25, 0.3) is 0 Å². The van der Waals surface area contributed by atoms with Crippen LogP contribution in [0.1, 0.15) is 57.8 Å². The normalized spacial score (nSPS) is 20.4. The second-order valence-corrected chi connectivity index (χ2v) is 7.14. The van der Waals surface area contributed by atoms with Crippen LogP contribution >= 0.6 is 0 Å². The molecule has 0 aromatic rings. The molecule has 134 valence electrons. The van der Waals surface area contributed by atoms with Gasteiger partial charge in [-0.3, -0.25) is 0 Å². The van der Waals surface area contributed by atoms with Gasteiger partial charge in [-0.1, -0.05) is 38.5 Å². The van der Waals surface area contributed by atoms with Crippen LogP contribution in [-0.4, -0.2) is 66.8 Å². The summed E-state index contributed by atoms with van der Waals surface area (Å²) < 4.78 is 0. The van der Waals surface area contributed by atoms with E-state index >= 15 is 0 Å². The number of piperidine rings is 1. The van der Waals surface area contributed by atoms with Crippen LogP contribution in [-0.2, 0) is 0 Å². The molecular weight excluding hydrogens is 290 g/mol. The lowest BCUT2D eigenvalue weighted by Crippen LogP contribution is -2.45. The van der Waals surface area contributed by atoms with Gasteiger partial charge in [0.15, 0.2) is 0 Å². The summed E-state index contributed by atoms with van der Waals surface area (Å²) in [4.78, 5) is 16.6. The van der Waals surface area contributed by atoms with Gasteiger partial charge in [0, 0.05) is 26.2 Å². The minimum Gasteiger partial charge on any atom is -0.395 e. The Hall–Kier alpha value is -0.810. The zero-order valence-corrected chi connectivity index (χ0v) is 14.6. The van der Waals surface area contributed by atoms with Crippen molar-refractivity contribution in [2.75, 3.05) is 45.9 Å². The topological polar surface area (TPSA) is 55.8 Å². The number of hydrogen-bond acceptors (Lipinski definition) is 3. The number of likely N-dealkylation sites (tertiary alicyclic amines) is 1. The Morgan fingerprint density at radius 1 is 1.04 bits per heavy atom. The number of urea groups is 1. The van der Waals surface area contributed by atoms with Crippen molar-refractivity contribution < 1.29 is 9.90 Å². The SMILES string of the molecule is O=C(NCCN1CCCCC1)N(CCO)CCC1CCCCC1. The highest BCUT2D eigenvalue weighted by molar-refractivity contribution is 5.74. The predicted molar refractivity (Wildman–Crippen MR) is 93.5 cm³/mol. The molecular formula is C18H35N3O2. The van der Waals surface area contributed by atoms with E-state index < -0.39 is 0 Å². The van der Waals surface area contributed by atoms with Gasteiger partial charge in [0.2, 0.25) is 0 Å². The fraction of sp³-hybridized carbons (Fsp3) is 0.944. The molecule has 1 saturated heterocycles. The minimum atomic E-state index is -0.00753. The molecule has 2 rings (SSSR count). The summed E-state index contributed by atoms with van der Waals surface area (Å²) in [7, 11) is 0. The first-order chi connectivity index (χ1) is 11.3. The van der Waals surface area contributed by atoms with Crippen LogP contribution < -0.4 is 5.32 Å². The summed E-state index contributed by atoms with van der Waals surface area (Å²) in [5.74, 6) is 0.770. The molecule has 5 heteroatoms. The molecule has 2 aliphatic rings. The molecule has 0 aromatic heterocycles. The first-order valence-corrected chi connectivity index (χ1v) is 9.65. The Bertz CT molecular complexity index is 326. The molecule has 2 fully saturated rings. The van der Waals surface area contributed by atoms with Crippen molar-refractivity contribution in [1.29, 1.82) is 0 Å². The summed E-state index contributed by atoms with van der Waals surface area (Å²) in [5.41, 5.74) is 0. The average molecular weight is 325 g/mol. The van der Waals surface area contributed by atoms with Crippen LogP contribution in [0.3, 0.4) is 0 Å². The smallest absolute Gasteiger partial charge is 0.317 e. The first-order valence-electron chi connectivity index (χ1n) is 9.65. The average Bonchev–Trinajstić information content (AvgIpc) is 2.60. The highest BCUT2D eigenvalue weighted by Crippen LogP contribution is 2.26. The van der Waals surface area contributed by atoms with Crippen molar-refractivity contribution in [3.8, 4) is 0 Å². The molecule has 2 N–H and O–H groups in total.